The predicted octanol–water partition coefficient (Wildman–Crippen LogP) is 2.24. The van der Waals surface area contributed by atoms with Crippen LogP contribution < -0.4 is 5.73 Å². The normalized spacial score (nSPS) is 59.8. The quantitative estimate of drug-likeness (QED) is 0.601. The lowest BCUT2D eigenvalue weighted by molar-refractivity contribution is -0.132. The van der Waals surface area contributed by atoms with E-state index in [1.54, 1.807) is 0 Å². The number of fused-ring (bicyclic) bond motifs is 5. The molecule has 0 unspecified atom stereocenters. The average Bonchev–Trinajstić information content (AvgIpc) is 2.77. The molecule has 4 aliphatic rings. The summed E-state index contributed by atoms with van der Waals surface area (Å²) in [4.78, 5) is 0. The monoisotopic (exact) mass is 303 g/mol. The van der Waals surface area contributed by atoms with Gasteiger partial charge in [0, 0.05) is 6.04 Å². The average molecular weight is 303 g/mol. The Kier molecular flexibility index (Phi) is 3.18. The lowest BCUT2D eigenvalue weighted by Gasteiger charge is -2.60. The molecule has 22 heavy (non-hydrogen) atoms. The summed E-state index contributed by atoms with van der Waals surface area (Å²) in [6.07, 6.45) is 12.0. The number of rotatable bonds is 0. The second-order valence-electron chi connectivity index (χ2n) is 8.69. The van der Waals surface area contributed by atoms with Gasteiger partial charge in [0.25, 0.3) is 0 Å². The van der Waals surface area contributed by atoms with E-state index in [0.29, 0.717) is 23.7 Å². The maximum atomic E-state index is 10.9. The summed E-state index contributed by atoms with van der Waals surface area (Å²) in [7, 11) is 0. The van der Waals surface area contributed by atoms with E-state index in [9.17, 15) is 10.2 Å². The highest BCUT2D eigenvalue weighted by Gasteiger charge is 2.60. The summed E-state index contributed by atoms with van der Waals surface area (Å²) in [5.74, 6) is 1.60. The van der Waals surface area contributed by atoms with Crippen molar-refractivity contribution in [2.24, 2.45) is 40.2 Å². The van der Waals surface area contributed by atoms with E-state index in [1.165, 1.54) is 0 Å². The molecule has 0 radical (unpaired) electrons. The van der Waals surface area contributed by atoms with Crippen LogP contribution in [0.15, 0.2) is 24.3 Å². The van der Waals surface area contributed by atoms with E-state index < -0.39 is 0 Å². The lowest BCUT2D eigenvalue weighted by atomic mass is 9.45. The summed E-state index contributed by atoms with van der Waals surface area (Å²) in [6, 6.07) is 0.125. The van der Waals surface area contributed by atoms with Crippen LogP contribution in [0.5, 0.6) is 0 Å². The smallest absolute Gasteiger partial charge is 0.0724 e. The Labute approximate surface area is 133 Å². The third-order valence-corrected chi connectivity index (χ3v) is 7.77. The maximum Gasteiger partial charge on any atom is 0.0724 e. The van der Waals surface area contributed by atoms with Gasteiger partial charge in [-0.1, -0.05) is 38.2 Å². The van der Waals surface area contributed by atoms with E-state index >= 15 is 0 Å². The molecule has 4 aliphatic carbocycles. The van der Waals surface area contributed by atoms with Crippen molar-refractivity contribution in [3.05, 3.63) is 24.3 Å². The first kappa shape index (κ1) is 14.9. The van der Waals surface area contributed by atoms with Crippen molar-refractivity contribution in [3.8, 4) is 0 Å². The van der Waals surface area contributed by atoms with Crippen molar-refractivity contribution in [3.63, 3.8) is 0 Å². The molecule has 4 rings (SSSR count). The highest BCUT2D eigenvalue weighted by molar-refractivity contribution is 5.24. The van der Waals surface area contributed by atoms with Crippen molar-refractivity contribution < 1.29 is 10.2 Å². The Hall–Kier alpha value is -0.640. The minimum absolute atomic E-state index is 0.114. The Morgan fingerprint density at radius 1 is 1.09 bits per heavy atom. The van der Waals surface area contributed by atoms with Crippen molar-refractivity contribution in [1.82, 2.24) is 0 Å². The van der Waals surface area contributed by atoms with E-state index in [0.717, 1.165) is 25.7 Å². The molecule has 0 heterocycles. The Morgan fingerprint density at radius 3 is 2.64 bits per heavy atom. The van der Waals surface area contributed by atoms with Crippen molar-refractivity contribution in [2.45, 2.75) is 57.8 Å². The zero-order valence-corrected chi connectivity index (χ0v) is 13.7. The first-order valence-electron chi connectivity index (χ1n) is 8.85. The van der Waals surface area contributed by atoms with Gasteiger partial charge in [-0.05, 0) is 60.2 Å². The standard InChI is InChI=1S/C19H29NO2/c1-18-7-5-12(21)9-11(18)10-15(22)17-13-3-4-16(20)19(13,2)8-6-14(17)18/h3-5,7,11-17,21-22H,6,8-10,20H2,1-2H3/t11-,12-,13-,14-,15-,16-,17-,18-,19-/m0/s1. The molecule has 0 spiro atoms. The molecule has 0 saturated heterocycles. The Bertz CT molecular complexity index is 530. The fraction of sp³-hybridized carbons (Fsp3) is 0.789. The lowest BCUT2D eigenvalue weighted by Crippen LogP contribution is -2.58. The van der Waals surface area contributed by atoms with Gasteiger partial charge < -0.3 is 15.9 Å². The molecule has 0 bridgehead atoms. The van der Waals surface area contributed by atoms with Gasteiger partial charge in [0.1, 0.15) is 0 Å². The number of hydrogen-bond donors (Lipinski definition) is 3. The molecule has 0 amide bonds. The summed E-state index contributed by atoms with van der Waals surface area (Å²) in [5.41, 5.74) is 6.59. The van der Waals surface area contributed by atoms with Gasteiger partial charge in [0.05, 0.1) is 12.2 Å². The van der Waals surface area contributed by atoms with Gasteiger partial charge in [-0.3, -0.25) is 0 Å². The highest BCUT2D eigenvalue weighted by atomic mass is 16.3. The molecule has 122 valence electrons. The van der Waals surface area contributed by atoms with Crippen LogP contribution in [0.2, 0.25) is 0 Å². The molecule has 2 saturated carbocycles. The Morgan fingerprint density at radius 2 is 1.86 bits per heavy atom. The zero-order valence-electron chi connectivity index (χ0n) is 13.7. The fourth-order valence-corrected chi connectivity index (χ4v) is 6.25. The molecule has 0 aromatic carbocycles. The summed E-state index contributed by atoms with van der Waals surface area (Å²) < 4.78 is 0. The molecule has 9 atom stereocenters. The van der Waals surface area contributed by atoms with Crippen LogP contribution in [-0.2, 0) is 0 Å². The van der Waals surface area contributed by atoms with Crippen LogP contribution in [0, 0.1) is 34.5 Å². The van der Waals surface area contributed by atoms with Crippen molar-refractivity contribution in [1.29, 1.82) is 0 Å². The second-order valence-corrected chi connectivity index (χ2v) is 8.69. The van der Waals surface area contributed by atoms with Crippen molar-refractivity contribution >= 4 is 0 Å². The molecule has 3 heteroatoms. The van der Waals surface area contributed by atoms with Crippen molar-refractivity contribution in [2.75, 3.05) is 0 Å². The van der Waals surface area contributed by atoms with Gasteiger partial charge in [-0.2, -0.15) is 0 Å². The molecule has 0 aromatic rings. The summed E-state index contributed by atoms with van der Waals surface area (Å²) in [5, 5.41) is 20.9. The summed E-state index contributed by atoms with van der Waals surface area (Å²) >= 11 is 0. The number of hydrogen-bond acceptors (Lipinski definition) is 3. The molecule has 0 aliphatic heterocycles. The van der Waals surface area contributed by atoms with Gasteiger partial charge in [-0.15, -0.1) is 0 Å². The molecule has 2 fully saturated rings. The first-order chi connectivity index (χ1) is 10.4. The van der Waals surface area contributed by atoms with E-state index in [-0.39, 0.29) is 29.1 Å². The minimum Gasteiger partial charge on any atom is -0.393 e. The highest BCUT2D eigenvalue weighted by Crippen LogP contribution is 2.63. The first-order valence-corrected chi connectivity index (χ1v) is 8.85. The van der Waals surface area contributed by atoms with Crippen LogP contribution >= 0.6 is 0 Å². The maximum absolute atomic E-state index is 10.9. The predicted molar refractivity (Wildman–Crippen MR) is 86.9 cm³/mol. The molecular formula is C19H29NO2. The van der Waals surface area contributed by atoms with Crippen LogP contribution in [-0.4, -0.2) is 28.5 Å². The fourth-order valence-electron chi connectivity index (χ4n) is 6.25. The van der Waals surface area contributed by atoms with Crippen LogP contribution in [0.1, 0.15) is 39.5 Å². The van der Waals surface area contributed by atoms with Gasteiger partial charge in [0.2, 0.25) is 0 Å². The zero-order chi connectivity index (χ0) is 15.7. The topological polar surface area (TPSA) is 66.5 Å². The molecular weight excluding hydrogens is 274 g/mol. The van der Waals surface area contributed by atoms with E-state index in [2.05, 4.69) is 32.1 Å². The largest absolute Gasteiger partial charge is 0.393 e. The molecule has 4 N–H and O–H groups in total. The van der Waals surface area contributed by atoms with Crippen LogP contribution in [0.3, 0.4) is 0 Å². The third kappa shape index (κ3) is 1.79. The minimum atomic E-state index is -0.338. The number of aliphatic hydroxyl groups excluding tert-OH is 2. The van der Waals surface area contributed by atoms with Crippen LogP contribution in [0.25, 0.3) is 0 Å². The van der Waals surface area contributed by atoms with Gasteiger partial charge in [0.15, 0.2) is 0 Å². The Balaban J connectivity index is 1.73. The van der Waals surface area contributed by atoms with E-state index in [4.69, 9.17) is 5.73 Å². The number of allylic oxidation sites excluding steroid dienone is 2. The van der Waals surface area contributed by atoms with Gasteiger partial charge >= 0.3 is 0 Å². The van der Waals surface area contributed by atoms with Gasteiger partial charge in [-0.25, -0.2) is 0 Å². The summed E-state index contributed by atoms with van der Waals surface area (Å²) in [6.45, 7) is 4.66. The number of nitrogens with two attached hydrogens (primary N) is 1. The second kappa shape index (κ2) is 4.68. The van der Waals surface area contributed by atoms with E-state index in [1.807, 2.05) is 6.08 Å². The SMILES string of the molecule is C[C@]12C=C[C@H](O)C[C@H]1C[C@H](O)[C@@H]1[C@@H]2CC[C@]2(C)[C@@H](N)C=C[C@@H]12. The number of aliphatic hydroxyl groups is 2. The molecule has 0 aromatic heterocycles. The molecule has 3 nitrogen and oxygen atoms in total. The van der Waals surface area contributed by atoms with Crippen LogP contribution in [0.4, 0.5) is 0 Å². The third-order valence-electron chi connectivity index (χ3n) is 7.77.